The van der Waals surface area contributed by atoms with Crippen molar-refractivity contribution in [3.05, 3.63) is 36.2 Å². The number of rotatable bonds is 3. The van der Waals surface area contributed by atoms with Gasteiger partial charge in [-0.25, -0.2) is 18.4 Å². The fourth-order valence-electron chi connectivity index (χ4n) is 3.48. The first-order valence-electron chi connectivity index (χ1n) is 8.84. The number of hydrogen-bond donors (Lipinski definition) is 1. The van der Waals surface area contributed by atoms with E-state index in [-0.39, 0.29) is 17.9 Å². The van der Waals surface area contributed by atoms with E-state index in [2.05, 4.69) is 19.9 Å². The Balaban J connectivity index is 0.00000140. The third-order valence-corrected chi connectivity index (χ3v) is 5.95. The summed E-state index contributed by atoms with van der Waals surface area (Å²) in [5.41, 5.74) is 3.68. The minimum absolute atomic E-state index is 0. The molecule has 1 saturated heterocycles. The first kappa shape index (κ1) is 22.1. The molecule has 1 aliphatic rings. The molecule has 0 amide bonds. The van der Waals surface area contributed by atoms with Gasteiger partial charge in [-0.2, -0.15) is 0 Å². The van der Waals surface area contributed by atoms with Gasteiger partial charge in [-0.05, 0) is 49.9 Å². The molecule has 2 aromatic heterocycles. The summed E-state index contributed by atoms with van der Waals surface area (Å²) < 4.78 is 23.3. The van der Waals surface area contributed by atoms with Gasteiger partial charge in [0.25, 0.3) is 0 Å². The maximum Gasteiger partial charge on any atom is 0.175 e. The highest BCUT2D eigenvalue weighted by Crippen LogP contribution is 2.30. The molecule has 7 nitrogen and oxygen atoms in total. The normalized spacial score (nSPS) is 14.4. The number of anilines is 1. The van der Waals surface area contributed by atoms with E-state index in [9.17, 15) is 8.42 Å². The van der Waals surface area contributed by atoms with Crippen LogP contribution in [0.3, 0.4) is 0 Å². The Morgan fingerprint density at radius 3 is 2.29 bits per heavy atom. The van der Waals surface area contributed by atoms with Crippen molar-refractivity contribution in [2.24, 2.45) is 0 Å². The second kappa shape index (κ2) is 8.46. The van der Waals surface area contributed by atoms with Crippen LogP contribution in [0.1, 0.15) is 25.1 Å². The lowest BCUT2D eigenvalue weighted by Crippen LogP contribution is -2.30. The van der Waals surface area contributed by atoms with Crippen LogP contribution in [0.25, 0.3) is 22.3 Å². The Hall–Kier alpha value is -2.16. The number of nitrogens with one attached hydrogen (secondary N) is 1. The molecule has 3 N–H and O–H groups in total. The van der Waals surface area contributed by atoms with Crippen molar-refractivity contribution in [2.75, 3.05) is 24.2 Å². The van der Waals surface area contributed by atoms with Crippen LogP contribution in [0.4, 0.5) is 5.82 Å². The number of nitrogens with zero attached hydrogens (tertiary/aromatic N) is 3. The van der Waals surface area contributed by atoms with Crippen molar-refractivity contribution in [3.8, 4) is 11.3 Å². The maximum atomic E-state index is 11.6. The van der Waals surface area contributed by atoms with Crippen LogP contribution in [0.2, 0.25) is 0 Å². The van der Waals surface area contributed by atoms with Crippen LogP contribution in [-0.4, -0.2) is 48.2 Å². The molecular weight excluding hydrogens is 400 g/mol. The summed E-state index contributed by atoms with van der Waals surface area (Å²) in [6, 6.07) is 8.92. The Labute approximate surface area is 170 Å². The number of aryl methyl sites for hydroxylation is 1. The average molecular weight is 425 g/mol. The van der Waals surface area contributed by atoms with Gasteiger partial charge in [0.15, 0.2) is 15.7 Å². The molecular formula is C19H25ClN4O3S. The zero-order valence-corrected chi connectivity index (χ0v) is 17.5. The molecule has 0 atom stereocenters. The molecule has 0 radical (unpaired) electrons. The van der Waals surface area contributed by atoms with Gasteiger partial charge in [0, 0.05) is 25.0 Å². The highest BCUT2D eigenvalue weighted by atomic mass is 35.5. The Kier molecular flexibility index (Phi) is 6.69. The molecule has 0 aliphatic carbocycles. The Morgan fingerprint density at radius 2 is 1.68 bits per heavy atom. The summed E-state index contributed by atoms with van der Waals surface area (Å²) in [4.78, 5) is 15.3. The highest BCUT2D eigenvalue weighted by molar-refractivity contribution is 7.90. The topological polar surface area (TPSA) is 110 Å². The number of halogens is 1. The van der Waals surface area contributed by atoms with E-state index in [0.29, 0.717) is 4.90 Å². The van der Waals surface area contributed by atoms with E-state index in [0.717, 1.165) is 47.0 Å². The quantitative estimate of drug-likeness (QED) is 0.694. The summed E-state index contributed by atoms with van der Waals surface area (Å²) in [6.45, 7) is 3.95. The van der Waals surface area contributed by atoms with Crippen LogP contribution >= 0.6 is 12.4 Å². The van der Waals surface area contributed by atoms with E-state index < -0.39 is 9.84 Å². The summed E-state index contributed by atoms with van der Waals surface area (Å²) in [5.74, 6) is 1.72. The van der Waals surface area contributed by atoms with Crippen molar-refractivity contribution in [3.63, 3.8) is 0 Å². The number of benzene rings is 1. The van der Waals surface area contributed by atoms with E-state index in [1.807, 2.05) is 25.1 Å². The van der Waals surface area contributed by atoms with Gasteiger partial charge in [0.05, 0.1) is 10.4 Å². The summed E-state index contributed by atoms with van der Waals surface area (Å²) in [7, 11) is -3.19. The molecule has 0 spiro atoms. The van der Waals surface area contributed by atoms with Gasteiger partial charge >= 0.3 is 0 Å². The predicted molar refractivity (Wildman–Crippen MR) is 114 cm³/mol. The van der Waals surface area contributed by atoms with Crippen LogP contribution in [0.15, 0.2) is 35.2 Å². The van der Waals surface area contributed by atoms with Crippen molar-refractivity contribution in [2.45, 2.75) is 31.1 Å². The second-order valence-electron chi connectivity index (χ2n) is 6.88. The van der Waals surface area contributed by atoms with Crippen LogP contribution in [0.5, 0.6) is 0 Å². The van der Waals surface area contributed by atoms with Gasteiger partial charge in [0.1, 0.15) is 11.3 Å². The fourth-order valence-corrected chi connectivity index (χ4v) is 4.11. The molecule has 1 aromatic carbocycles. The largest absolute Gasteiger partial charge is 0.412 e. The van der Waals surface area contributed by atoms with Crippen molar-refractivity contribution < 1.29 is 13.9 Å². The standard InChI is InChI=1S/C19H22N4O2S.ClH.H2O/c1-13-20-17-12-16(14-6-8-15(9-7-14)26(2,24)25)22-18(17)19(21-13)23-10-4-3-5-11-23;;/h6-9,12,22H,3-5,10-11H2,1-2H3;1H;1H2. The average Bonchev–Trinajstić information content (AvgIpc) is 3.05. The number of aromatic amines is 1. The molecule has 1 aliphatic heterocycles. The minimum atomic E-state index is -3.19. The van der Waals surface area contributed by atoms with Gasteiger partial charge in [-0.1, -0.05) is 12.1 Å². The molecule has 3 heterocycles. The monoisotopic (exact) mass is 424 g/mol. The zero-order valence-electron chi connectivity index (χ0n) is 15.9. The first-order valence-corrected chi connectivity index (χ1v) is 10.7. The van der Waals surface area contributed by atoms with E-state index in [1.165, 1.54) is 25.5 Å². The predicted octanol–water partition coefficient (Wildman–Crippen LogP) is 2.92. The maximum absolute atomic E-state index is 11.6. The van der Waals surface area contributed by atoms with Crippen molar-refractivity contribution >= 4 is 39.1 Å². The summed E-state index contributed by atoms with van der Waals surface area (Å²) >= 11 is 0. The molecule has 4 rings (SSSR count). The number of fused-ring (bicyclic) bond motifs is 1. The first-order chi connectivity index (χ1) is 12.4. The SMILES string of the molecule is Cc1nc(N2CCCCC2)c2[nH]c(-c3ccc(S(C)(=O)=O)cc3)cc2n1.Cl.O. The zero-order chi connectivity index (χ0) is 18.3. The second-order valence-corrected chi connectivity index (χ2v) is 8.90. The number of piperidine rings is 1. The van der Waals surface area contributed by atoms with E-state index >= 15 is 0 Å². The van der Waals surface area contributed by atoms with Crippen molar-refractivity contribution in [1.29, 1.82) is 0 Å². The minimum Gasteiger partial charge on any atom is -0.412 e. The van der Waals surface area contributed by atoms with E-state index in [1.54, 1.807) is 12.1 Å². The summed E-state index contributed by atoms with van der Waals surface area (Å²) in [6.07, 6.45) is 4.86. The van der Waals surface area contributed by atoms with Crippen molar-refractivity contribution in [1.82, 2.24) is 15.0 Å². The lowest BCUT2D eigenvalue weighted by atomic mass is 10.1. The van der Waals surface area contributed by atoms with Gasteiger partial charge in [-0.15, -0.1) is 12.4 Å². The summed E-state index contributed by atoms with van der Waals surface area (Å²) in [5, 5.41) is 0. The molecule has 9 heteroatoms. The lowest BCUT2D eigenvalue weighted by Gasteiger charge is -2.28. The van der Waals surface area contributed by atoms with Gasteiger partial charge in [-0.3, -0.25) is 0 Å². The number of sulfone groups is 1. The number of hydrogen-bond acceptors (Lipinski definition) is 5. The van der Waals surface area contributed by atoms with E-state index in [4.69, 9.17) is 0 Å². The van der Waals surface area contributed by atoms with Crippen LogP contribution in [-0.2, 0) is 9.84 Å². The third kappa shape index (κ3) is 4.29. The van der Waals surface area contributed by atoms with Gasteiger partial charge in [0.2, 0.25) is 0 Å². The third-order valence-electron chi connectivity index (χ3n) is 4.82. The smallest absolute Gasteiger partial charge is 0.175 e. The highest BCUT2D eigenvalue weighted by Gasteiger charge is 2.18. The molecule has 152 valence electrons. The molecule has 3 aromatic rings. The molecule has 28 heavy (non-hydrogen) atoms. The van der Waals surface area contributed by atoms with Gasteiger partial charge < -0.3 is 15.4 Å². The fraction of sp³-hybridized carbons (Fsp3) is 0.368. The molecule has 0 saturated carbocycles. The Morgan fingerprint density at radius 1 is 1.04 bits per heavy atom. The Bertz CT molecular complexity index is 1060. The molecule has 0 unspecified atom stereocenters. The number of H-pyrrole nitrogens is 1. The molecule has 1 fully saturated rings. The van der Waals surface area contributed by atoms with Crippen LogP contribution < -0.4 is 4.90 Å². The van der Waals surface area contributed by atoms with Crippen LogP contribution in [0, 0.1) is 6.92 Å². The lowest BCUT2D eigenvalue weighted by molar-refractivity contribution is 0.574. The molecule has 0 bridgehead atoms. The number of aromatic nitrogens is 3.